The molecule has 1 saturated carbocycles. The summed E-state index contributed by atoms with van der Waals surface area (Å²) in [5.74, 6) is -0.158. The molecule has 0 bridgehead atoms. The average molecular weight is 222 g/mol. The summed E-state index contributed by atoms with van der Waals surface area (Å²) < 4.78 is 13.8. The van der Waals surface area contributed by atoms with E-state index in [-0.39, 0.29) is 17.3 Å². The van der Waals surface area contributed by atoms with Gasteiger partial charge in [0.25, 0.3) is 0 Å². The zero-order chi connectivity index (χ0) is 11.9. The first-order valence-corrected chi connectivity index (χ1v) is 5.71. The van der Waals surface area contributed by atoms with Gasteiger partial charge in [-0.05, 0) is 31.4 Å². The maximum atomic E-state index is 13.8. The third-order valence-corrected chi connectivity index (χ3v) is 3.63. The van der Waals surface area contributed by atoms with E-state index in [1.54, 1.807) is 6.07 Å². The molecular weight excluding hydrogens is 203 g/mol. The van der Waals surface area contributed by atoms with Crippen molar-refractivity contribution in [2.45, 2.75) is 31.2 Å². The zero-order valence-corrected chi connectivity index (χ0v) is 10.1. The number of para-hydroxylation sites is 1. The van der Waals surface area contributed by atoms with Crippen molar-refractivity contribution in [2.24, 2.45) is 5.73 Å². The highest BCUT2D eigenvalue weighted by atomic mass is 19.1. The lowest BCUT2D eigenvalue weighted by atomic mass is 9.88. The van der Waals surface area contributed by atoms with Gasteiger partial charge in [0.1, 0.15) is 5.82 Å². The fourth-order valence-electron chi connectivity index (χ4n) is 2.48. The van der Waals surface area contributed by atoms with E-state index in [0.717, 1.165) is 18.4 Å². The number of hydrogen-bond acceptors (Lipinski definition) is 2. The fraction of sp³-hybridized carbons (Fsp3) is 0.538. The standard InChI is InChI=1S/C13H19FN2/c1-9(15)13(7-8-13)10-5-4-6-11(14)12(10)16(2)3/h4-6,9H,7-8,15H2,1-3H3. The van der Waals surface area contributed by atoms with Gasteiger partial charge in [-0.1, -0.05) is 12.1 Å². The van der Waals surface area contributed by atoms with Crippen LogP contribution in [0.5, 0.6) is 0 Å². The Kier molecular flexibility index (Phi) is 2.66. The summed E-state index contributed by atoms with van der Waals surface area (Å²) in [6, 6.07) is 5.37. The minimum absolute atomic E-state index is 0.00169. The molecule has 2 rings (SSSR count). The molecule has 3 heteroatoms. The van der Waals surface area contributed by atoms with Crippen LogP contribution in [0, 0.1) is 5.82 Å². The van der Waals surface area contributed by atoms with Crippen molar-refractivity contribution in [1.29, 1.82) is 0 Å². The van der Waals surface area contributed by atoms with Crippen LogP contribution in [0.2, 0.25) is 0 Å². The van der Waals surface area contributed by atoms with E-state index in [4.69, 9.17) is 5.73 Å². The molecule has 2 N–H and O–H groups in total. The molecule has 88 valence electrons. The molecule has 1 aromatic carbocycles. The number of nitrogens with zero attached hydrogens (tertiary/aromatic N) is 1. The average Bonchev–Trinajstić information content (AvgIpc) is 2.97. The molecule has 1 aromatic rings. The summed E-state index contributed by atoms with van der Waals surface area (Å²) in [7, 11) is 3.75. The van der Waals surface area contributed by atoms with Crippen LogP contribution in [0.1, 0.15) is 25.3 Å². The van der Waals surface area contributed by atoms with Gasteiger partial charge >= 0.3 is 0 Å². The van der Waals surface area contributed by atoms with Gasteiger partial charge in [-0.25, -0.2) is 4.39 Å². The second-order valence-corrected chi connectivity index (χ2v) is 4.98. The molecule has 0 radical (unpaired) electrons. The molecule has 0 spiro atoms. The van der Waals surface area contributed by atoms with Crippen LogP contribution in [0.3, 0.4) is 0 Å². The molecule has 1 aliphatic rings. The molecular formula is C13H19FN2. The molecule has 0 amide bonds. The second kappa shape index (κ2) is 3.74. The zero-order valence-electron chi connectivity index (χ0n) is 10.1. The van der Waals surface area contributed by atoms with E-state index in [2.05, 4.69) is 0 Å². The Bertz CT molecular complexity index is 395. The van der Waals surface area contributed by atoms with E-state index >= 15 is 0 Å². The van der Waals surface area contributed by atoms with Crippen molar-refractivity contribution < 1.29 is 4.39 Å². The summed E-state index contributed by atoms with van der Waals surface area (Å²) in [6.45, 7) is 2.01. The maximum absolute atomic E-state index is 13.8. The molecule has 1 fully saturated rings. The van der Waals surface area contributed by atoms with Gasteiger partial charge in [-0.15, -0.1) is 0 Å². The van der Waals surface area contributed by atoms with Gasteiger partial charge in [-0.3, -0.25) is 0 Å². The fourth-order valence-corrected chi connectivity index (χ4v) is 2.48. The second-order valence-electron chi connectivity index (χ2n) is 4.98. The Morgan fingerprint density at radius 1 is 1.38 bits per heavy atom. The highest BCUT2D eigenvalue weighted by molar-refractivity contribution is 5.59. The molecule has 0 saturated heterocycles. The third kappa shape index (κ3) is 1.59. The minimum Gasteiger partial charge on any atom is -0.375 e. The third-order valence-electron chi connectivity index (χ3n) is 3.63. The number of benzene rings is 1. The van der Waals surface area contributed by atoms with Crippen LogP contribution >= 0.6 is 0 Å². The SMILES string of the molecule is CC(N)C1(c2cccc(F)c2N(C)C)CC1. The molecule has 0 aromatic heterocycles. The number of rotatable bonds is 3. The molecule has 1 atom stereocenters. The first kappa shape index (κ1) is 11.4. The number of hydrogen-bond donors (Lipinski definition) is 1. The molecule has 16 heavy (non-hydrogen) atoms. The van der Waals surface area contributed by atoms with Crippen molar-refractivity contribution in [3.8, 4) is 0 Å². The summed E-state index contributed by atoms with van der Waals surface area (Å²) in [6.07, 6.45) is 2.13. The van der Waals surface area contributed by atoms with Crippen LogP contribution < -0.4 is 10.6 Å². The quantitative estimate of drug-likeness (QED) is 0.850. The summed E-state index contributed by atoms with van der Waals surface area (Å²) >= 11 is 0. The monoisotopic (exact) mass is 222 g/mol. The van der Waals surface area contributed by atoms with Gasteiger partial charge in [-0.2, -0.15) is 0 Å². The van der Waals surface area contributed by atoms with E-state index in [1.807, 2.05) is 32.0 Å². The van der Waals surface area contributed by atoms with Crippen molar-refractivity contribution in [1.82, 2.24) is 0 Å². The molecule has 0 aliphatic heterocycles. The lowest BCUT2D eigenvalue weighted by molar-refractivity contribution is 0.548. The summed E-state index contributed by atoms with van der Waals surface area (Å²) in [5.41, 5.74) is 7.80. The predicted molar refractivity (Wildman–Crippen MR) is 65.3 cm³/mol. The van der Waals surface area contributed by atoms with Gasteiger partial charge < -0.3 is 10.6 Å². The number of nitrogens with two attached hydrogens (primary N) is 1. The van der Waals surface area contributed by atoms with E-state index in [9.17, 15) is 4.39 Å². The smallest absolute Gasteiger partial charge is 0.146 e. The number of halogens is 1. The lowest BCUT2D eigenvalue weighted by Crippen LogP contribution is -2.33. The predicted octanol–water partition coefficient (Wildman–Crippen LogP) is 2.27. The van der Waals surface area contributed by atoms with Gasteiger partial charge in [0.2, 0.25) is 0 Å². The highest BCUT2D eigenvalue weighted by Crippen LogP contribution is 2.53. The lowest BCUT2D eigenvalue weighted by Gasteiger charge is -2.26. The van der Waals surface area contributed by atoms with E-state index in [1.165, 1.54) is 6.07 Å². The first-order chi connectivity index (χ1) is 7.49. The van der Waals surface area contributed by atoms with E-state index < -0.39 is 0 Å². The Hall–Kier alpha value is -1.09. The van der Waals surface area contributed by atoms with Gasteiger partial charge in [0, 0.05) is 25.6 Å². The van der Waals surface area contributed by atoms with Crippen molar-refractivity contribution in [3.63, 3.8) is 0 Å². The Morgan fingerprint density at radius 2 is 2.00 bits per heavy atom. The van der Waals surface area contributed by atoms with Crippen molar-refractivity contribution >= 4 is 5.69 Å². The number of anilines is 1. The van der Waals surface area contributed by atoms with Crippen molar-refractivity contribution in [2.75, 3.05) is 19.0 Å². The molecule has 0 heterocycles. The molecule has 1 unspecified atom stereocenters. The van der Waals surface area contributed by atoms with Crippen LogP contribution in [0.4, 0.5) is 10.1 Å². The highest BCUT2D eigenvalue weighted by Gasteiger charge is 2.49. The largest absolute Gasteiger partial charge is 0.375 e. The molecule has 1 aliphatic carbocycles. The summed E-state index contributed by atoms with van der Waals surface area (Å²) in [5, 5.41) is 0. The minimum atomic E-state index is -0.158. The Morgan fingerprint density at radius 3 is 2.44 bits per heavy atom. The van der Waals surface area contributed by atoms with Crippen LogP contribution in [0.25, 0.3) is 0 Å². The summed E-state index contributed by atoms with van der Waals surface area (Å²) in [4.78, 5) is 1.84. The van der Waals surface area contributed by atoms with E-state index in [0.29, 0.717) is 5.69 Å². The van der Waals surface area contributed by atoms with Gasteiger partial charge in [0.15, 0.2) is 0 Å². The van der Waals surface area contributed by atoms with Crippen LogP contribution in [0.15, 0.2) is 18.2 Å². The van der Waals surface area contributed by atoms with Crippen LogP contribution in [-0.2, 0) is 5.41 Å². The molecule has 2 nitrogen and oxygen atoms in total. The Balaban J connectivity index is 2.53. The van der Waals surface area contributed by atoms with Crippen molar-refractivity contribution in [3.05, 3.63) is 29.6 Å². The topological polar surface area (TPSA) is 29.3 Å². The normalized spacial score (nSPS) is 19.3. The first-order valence-electron chi connectivity index (χ1n) is 5.71. The van der Waals surface area contributed by atoms with Crippen LogP contribution in [-0.4, -0.2) is 20.1 Å². The Labute approximate surface area is 96.2 Å². The maximum Gasteiger partial charge on any atom is 0.146 e. The van der Waals surface area contributed by atoms with Gasteiger partial charge in [0.05, 0.1) is 5.69 Å².